The highest BCUT2D eigenvalue weighted by Gasteiger charge is 2.31. The van der Waals surface area contributed by atoms with E-state index < -0.39 is 10.0 Å². The van der Waals surface area contributed by atoms with Crippen molar-refractivity contribution in [2.45, 2.75) is 32.6 Å². The summed E-state index contributed by atoms with van der Waals surface area (Å²) in [5, 5.41) is 8.79. The molecule has 0 atom stereocenters. The number of piperazine rings is 1. The van der Waals surface area contributed by atoms with Gasteiger partial charge in [0.1, 0.15) is 11.5 Å². The minimum absolute atomic E-state index is 0.348. The number of benzene rings is 2. The average molecular weight is 497 g/mol. The van der Waals surface area contributed by atoms with E-state index in [-0.39, 0.29) is 0 Å². The zero-order valence-electron chi connectivity index (χ0n) is 20.9. The molecule has 0 N–H and O–H groups in total. The van der Waals surface area contributed by atoms with Crippen LogP contribution < -0.4 is 14.4 Å². The molecule has 35 heavy (non-hydrogen) atoms. The van der Waals surface area contributed by atoms with Gasteiger partial charge < -0.3 is 14.4 Å². The highest BCUT2D eigenvalue weighted by atomic mass is 32.2. The van der Waals surface area contributed by atoms with Crippen molar-refractivity contribution < 1.29 is 17.9 Å². The Labute approximate surface area is 207 Å². The third-order valence-electron chi connectivity index (χ3n) is 6.47. The van der Waals surface area contributed by atoms with Crippen molar-refractivity contribution in [3.63, 3.8) is 0 Å². The van der Waals surface area contributed by atoms with Crippen LogP contribution in [0.3, 0.4) is 0 Å². The number of anilines is 1. The molecule has 3 aromatic rings. The Balaban J connectivity index is 1.45. The number of methoxy groups -OCH3 is 1. The molecule has 0 aliphatic carbocycles. The molecule has 1 saturated heterocycles. The number of sulfonamides is 1. The quantitative estimate of drug-likeness (QED) is 0.489. The molecular formula is C26H32N4O4S. The summed E-state index contributed by atoms with van der Waals surface area (Å²) in [4.78, 5) is 2.42. The van der Waals surface area contributed by atoms with Crippen LogP contribution in [0.2, 0.25) is 0 Å². The van der Waals surface area contributed by atoms with Crippen LogP contribution >= 0.6 is 0 Å². The molecule has 0 bridgehead atoms. The van der Waals surface area contributed by atoms with Crippen LogP contribution in [0, 0.1) is 20.8 Å². The van der Waals surface area contributed by atoms with E-state index in [1.807, 2.05) is 64.1 Å². The van der Waals surface area contributed by atoms with Crippen LogP contribution in [0.4, 0.5) is 5.82 Å². The van der Waals surface area contributed by atoms with Crippen LogP contribution in [0.1, 0.15) is 23.6 Å². The fourth-order valence-corrected chi connectivity index (χ4v) is 6.22. The van der Waals surface area contributed by atoms with Gasteiger partial charge in [-0.1, -0.05) is 0 Å². The van der Waals surface area contributed by atoms with Gasteiger partial charge in [-0.05, 0) is 86.8 Å². The van der Waals surface area contributed by atoms with Gasteiger partial charge >= 0.3 is 0 Å². The van der Waals surface area contributed by atoms with Gasteiger partial charge in [-0.3, -0.25) is 0 Å². The van der Waals surface area contributed by atoms with Crippen molar-refractivity contribution in [1.29, 1.82) is 0 Å². The average Bonchev–Trinajstić information content (AvgIpc) is 2.87. The van der Waals surface area contributed by atoms with Gasteiger partial charge in [0.25, 0.3) is 0 Å². The molecule has 8 nitrogen and oxygen atoms in total. The predicted molar refractivity (Wildman–Crippen MR) is 137 cm³/mol. The molecule has 0 spiro atoms. The molecule has 186 valence electrons. The summed E-state index contributed by atoms with van der Waals surface area (Å²) >= 11 is 0. The number of ether oxygens (including phenoxy) is 2. The first-order valence-corrected chi connectivity index (χ1v) is 13.2. The number of aryl methyl sites for hydroxylation is 1. The minimum Gasteiger partial charge on any atom is -0.496 e. The van der Waals surface area contributed by atoms with Crippen LogP contribution in [0.25, 0.3) is 11.3 Å². The topological polar surface area (TPSA) is 84.9 Å². The third kappa shape index (κ3) is 4.97. The van der Waals surface area contributed by atoms with Crippen LogP contribution in [0.15, 0.2) is 47.4 Å². The highest BCUT2D eigenvalue weighted by molar-refractivity contribution is 7.89. The zero-order valence-corrected chi connectivity index (χ0v) is 21.7. The van der Waals surface area contributed by atoms with E-state index in [0.717, 1.165) is 45.3 Å². The van der Waals surface area contributed by atoms with Crippen molar-refractivity contribution in [1.82, 2.24) is 14.5 Å². The molecule has 1 aliphatic rings. The molecule has 0 unspecified atom stereocenters. The summed E-state index contributed by atoms with van der Waals surface area (Å²) in [6.45, 7) is 10.0. The molecule has 2 aromatic carbocycles. The summed E-state index contributed by atoms with van der Waals surface area (Å²) < 4.78 is 39.4. The highest BCUT2D eigenvalue weighted by Crippen LogP contribution is 2.33. The largest absolute Gasteiger partial charge is 0.496 e. The van der Waals surface area contributed by atoms with Gasteiger partial charge in [0.15, 0.2) is 5.82 Å². The molecule has 4 rings (SSSR count). The minimum atomic E-state index is -3.61. The zero-order chi connectivity index (χ0) is 25.2. The lowest BCUT2D eigenvalue weighted by molar-refractivity contribution is 0.340. The summed E-state index contributed by atoms with van der Waals surface area (Å²) in [6, 6.07) is 13.3. The lowest BCUT2D eigenvalue weighted by Crippen LogP contribution is -2.49. The Morgan fingerprint density at radius 2 is 1.60 bits per heavy atom. The fourth-order valence-electron chi connectivity index (χ4n) is 4.44. The molecule has 1 fully saturated rings. The summed E-state index contributed by atoms with van der Waals surface area (Å²) in [5.41, 5.74) is 4.14. The normalized spacial score (nSPS) is 14.7. The van der Waals surface area contributed by atoms with E-state index in [4.69, 9.17) is 9.47 Å². The van der Waals surface area contributed by atoms with E-state index in [0.29, 0.717) is 37.7 Å². The Kier molecular flexibility index (Phi) is 7.28. The van der Waals surface area contributed by atoms with Gasteiger partial charge in [-0.25, -0.2) is 8.42 Å². The second-order valence-electron chi connectivity index (χ2n) is 8.60. The van der Waals surface area contributed by atoms with Gasteiger partial charge in [0, 0.05) is 31.7 Å². The van der Waals surface area contributed by atoms with E-state index >= 15 is 0 Å². The van der Waals surface area contributed by atoms with Crippen molar-refractivity contribution in [2.24, 2.45) is 0 Å². The molecule has 1 aromatic heterocycles. The summed E-state index contributed by atoms with van der Waals surface area (Å²) in [6.07, 6.45) is 0. The summed E-state index contributed by atoms with van der Waals surface area (Å²) in [7, 11) is -2.01. The maximum absolute atomic E-state index is 13.5. The maximum atomic E-state index is 13.5. The monoisotopic (exact) mass is 496 g/mol. The van der Waals surface area contributed by atoms with Gasteiger partial charge in [0.2, 0.25) is 10.0 Å². The third-order valence-corrected chi connectivity index (χ3v) is 8.50. The van der Waals surface area contributed by atoms with E-state index in [2.05, 4.69) is 15.1 Å². The van der Waals surface area contributed by atoms with E-state index in [1.54, 1.807) is 17.5 Å². The molecule has 0 amide bonds. The van der Waals surface area contributed by atoms with Crippen molar-refractivity contribution in [3.8, 4) is 22.8 Å². The number of nitrogens with zero attached hydrogens (tertiary/aromatic N) is 4. The molecule has 9 heteroatoms. The number of hydrogen-bond acceptors (Lipinski definition) is 7. The number of aromatic nitrogens is 2. The molecule has 0 radical (unpaired) electrons. The SMILES string of the molecule is CCOc1ccc(-c2ccc(N3CCN(S(=O)(=O)c4cc(C)c(OC)c(C)c4C)CC3)nn2)cc1. The maximum Gasteiger partial charge on any atom is 0.243 e. The predicted octanol–water partition coefficient (Wildman–Crippen LogP) is 3.99. The van der Waals surface area contributed by atoms with Crippen LogP contribution in [-0.4, -0.2) is 62.8 Å². The first kappa shape index (κ1) is 24.9. The lowest BCUT2D eigenvalue weighted by Gasteiger charge is -2.34. The smallest absolute Gasteiger partial charge is 0.243 e. The van der Waals surface area contributed by atoms with E-state index in [9.17, 15) is 8.42 Å². The first-order chi connectivity index (χ1) is 16.8. The Hall–Kier alpha value is -3.17. The standard InChI is InChI=1S/C26H32N4O4S/c1-6-34-22-9-7-21(8-10-22)23-11-12-25(28-27-23)29-13-15-30(16-14-29)35(31,32)24-17-18(2)26(33-5)20(4)19(24)3/h7-12,17H,6,13-16H2,1-5H3. The van der Waals surface area contributed by atoms with E-state index in [1.165, 1.54) is 0 Å². The van der Waals surface area contributed by atoms with Crippen LogP contribution in [0.5, 0.6) is 11.5 Å². The van der Waals surface area contributed by atoms with Crippen molar-refractivity contribution in [2.75, 3.05) is 44.8 Å². The van der Waals surface area contributed by atoms with Gasteiger partial charge in [-0.2, -0.15) is 4.31 Å². The second-order valence-corrected chi connectivity index (χ2v) is 10.5. The van der Waals surface area contributed by atoms with Crippen molar-refractivity contribution >= 4 is 15.8 Å². The summed E-state index contributed by atoms with van der Waals surface area (Å²) in [5.74, 6) is 2.30. The lowest BCUT2D eigenvalue weighted by atomic mass is 10.1. The van der Waals surface area contributed by atoms with Crippen LogP contribution in [-0.2, 0) is 10.0 Å². The second kappa shape index (κ2) is 10.2. The Morgan fingerprint density at radius 3 is 2.17 bits per heavy atom. The molecule has 1 aliphatic heterocycles. The number of hydrogen-bond donors (Lipinski definition) is 0. The Bertz CT molecular complexity index is 1280. The molecular weight excluding hydrogens is 464 g/mol. The van der Waals surface area contributed by atoms with Crippen molar-refractivity contribution in [3.05, 3.63) is 59.2 Å². The fraction of sp³-hybridized carbons (Fsp3) is 0.385. The molecule has 2 heterocycles. The van der Waals surface area contributed by atoms with Gasteiger partial charge in [-0.15, -0.1) is 10.2 Å². The van der Waals surface area contributed by atoms with Gasteiger partial charge in [0.05, 0.1) is 24.3 Å². The number of rotatable bonds is 7. The molecule has 0 saturated carbocycles. The first-order valence-electron chi connectivity index (χ1n) is 11.7. The Morgan fingerprint density at radius 1 is 0.914 bits per heavy atom.